The Morgan fingerprint density at radius 1 is 1.00 bits per heavy atom. The fourth-order valence-corrected chi connectivity index (χ4v) is 3.76. The number of hydrogen-bond acceptors (Lipinski definition) is 3. The van der Waals surface area contributed by atoms with E-state index in [4.69, 9.17) is 4.74 Å². The van der Waals surface area contributed by atoms with Crippen LogP contribution in [-0.2, 0) is 17.6 Å². The molecule has 1 aliphatic heterocycles. The average molecular weight is 351 g/mol. The van der Waals surface area contributed by atoms with Crippen LogP contribution in [0.2, 0.25) is 0 Å². The molecule has 1 saturated heterocycles. The minimum Gasteiger partial charge on any atom is -0.456 e. The van der Waals surface area contributed by atoms with Gasteiger partial charge in [-0.15, -0.1) is 0 Å². The third-order valence-electron chi connectivity index (χ3n) is 5.44. The average Bonchev–Trinajstić information content (AvgIpc) is 2.68. The third kappa shape index (κ3) is 4.73. The molecule has 3 heteroatoms. The van der Waals surface area contributed by atoms with E-state index in [0.717, 1.165) is 44.3 Å². The number of nitrogens with one attached hydrogen (secondary N) is 1. The van der Waals surface area contributed by atoms with E-state index in [0.29, 0.717) is 11.5 Å². The lowest BCUT2D eigenvalue weighted by atomic mass is 9.83. The molecule has 1 heterocycles. The molecule has 138 valence electrons. The van der Waals surface area contributed by atoms with E-state index in [2.05, 4.69) is 29.6 Å². The van der Waals surface area contributed by atoms with Gasteiger partial charge in [-0.25, -0.2) is 4.79 Å². The lowest BCUT2D eigenvalue weighted by Gasteiger charge is -2.36. The van der Waals surface area contributed by atoms with Crippen molar-refractivity contribution in [2.75, 3.05) is 13.1 Å². The summed E-state index contributed by atoms with van der Waals surface area (Å²) in [7, 11) is 0. The summed E-state index contributed by atoms with van der Waals surface area (Å²) in [5.74, 6) is 0.210. The fraction of sp³-hybridized carbons (Fsp3) is 0.435. The Kier molecular flexibility index (Phi) is 6.10. The highest BCUT2D eigenvalue weighted by Gasteiger charge is 2.34. The van der Waals surface area contributed by atoms with Crippen molar-refractivity contribution in [1.82, 2.24) is 5.32 Å². The molecule has 0 radical (unpaired) electrons. The zero-order valence-electron chi connectivity index (χ0n) is 15.8. The summed E-state index contributed by atoms with van der Waals surface area (Å²) in [5.41, 5.74) is 2.60. The predicted octanol–water partition coefficient (Wildman–Crippen LogP) is 4.41. The van der Waals surface area contributed by atoms with Crippen LogP contribution in [0.25, 0.3) is 0 Å². The first-order chi connectivity index (χ1) is 12.6. The molecule has 0 aliphatic carbocycles. The molecule has 1 aliphatic rings. The van der Waals surface area contributed by atoms with Crippen LogP contribution in [0.3, 0.4) is 0 Å². The van der Waals surface area contributed by atoms with Gasteiger partial charge >= 0.3 is 5.97 Å². The van der Waals surface area contributed by atoms with E-state index in [1.54, 1.807) is 0 Å². The number of carbonyl (C=O) groups excluding carboxylic acids is 1. The van der Waals surface area contributed by atoms with Crippen molar-refractivity contribution in [1.29, 1.82) is 0 Å². The zero-order valence-corrected chi connectivity index (χ0v) is 15.8. The quantitative estimate of drug-likeness (QED) is 0.784. The maximum Gasteiger partial charge on any atom is 0.338 e. The molecule has 3 nitrogen and oxygen atoms in total. The molecular weight excluding hydrogens is 322 g/mol. The normalized spacial score (nSPS) is 15.6. The predicted molar refractivity (Wildman–Crippen MR) is 105 cm³/mol. The summed E-state index contributed by atoms with van der Waals surface area (Å²) in [6.45, 7) is 6.10. The standard InChI is InChI=1S/C23H29NO2/c1-23(2,20-14-16-24-17-15-20)26-22(25)21-11-7-6-10-19(21)13-12-18-8-4-3-5-9-18/h3-11,20,24H,12-17H2,1-2H3. The minimum absolute atomic E-state index is 0.197. The highest BCUT2D eigenvalue weighted by atomic mass is 16.6. The molecule has 2 aromatic carbocycles. The van der Waals surface area contributed by atoms with Crippen LogP contribution in [0.15, 0.2) is 54.6 Å². The van der Waals surface area contributed by atoms with Gasteiger partial charge in [0.05, 0.1) is 5.56 Å². The van der Waals surface area contributed by atoms with E-state index in [1.165, 1.54) is 5.56 Å². The first-order valence-electron chi connectivity index (χ1n) is 9.62. The van der Waals surface area contributed by atoms with Crippen molar-refractivity contribution >= 4 is 5.97 Å². The summed E-state index contributed by atoms with van der Waals surface area (Å²) in [5, 5.41) is 3.37. The van der Waals surface area contributed by atoms with Crippen molar-refractivity contribution < 1.29 is 9.53 Å². The van der Waals surface area contributed by atoms with Gasteiger partial charge in [-0.1, -0.05) is 48.5 Å². The van der Waals surface area contributed by atoms with Crippen LogP contribution in [0.5, 0.6) is 0 Å². The monoisotopic (exact) mass is 351 g/mol. The maximum atomic E-state index is 12.9. The smallest absolute Gasteiger partial charge is 0.338 e. The van der Waals surface area contributed by atoms with E-state index in [1.807, 2.05) is 44.2 Å². The zero-order chi connectivity index (χ0) is 18.4. The van der Waals surface area contributed by atoms with Gasteiger partial charge in [-0.3, -0.25) is 0 Å². The third-order valence-corrected chi connectivity index (χ3v) is 5.44. The van der Waals surface area contributed by atoms with E-state index in [9.17, 15) is 4.79 Å². The molecule has 1 fully saturated rings. The summed E-state index contributed by atoms with van der Waals surface area (Å²) in [4.78, 5) is 12.9. The molecule has 0 atom stereocenters. The molecule has 1 N–H and O–H groups in total. The van der Waals surface area contributed by atoms with Gasteiger partial charge in [0, 0.05) is 5.92 Å². The first-order valence-corrected chi connectivity index (χ1v) is 9.62. The van der Waals surface area contributed by atoms with Gasteiger partial charge < -0.3 is 10.1 Å². The van der Waals surface area contributed by atoms with Gasteiger partial charge in [0.1, 0.15) is 5.60 Å². The van der Waals surface area contributed by atoms with Crippen LogP contribution in [0.4, 0.5) is 0 Å². The summed E-state index contributed by atoms with van der Waals surface area (Å²) >= 11 is 0. The Morgan fingerprint density at radius 3 is 2.38 bits per heavy atom. The molecule has 0 aromatic heterocycles. The lowest BCUT2D eigenvalue weighted by molar-refractivity contribution is -0.0369. The molecule has 0 bridgehead atoms. The molecule has 26 heavy (non-hydrogen) atoms. The van der Waals surface area contributed by atoms with Crippen molar-refractivity contribution in [3.63, 3.8) is 0 Å². The second-order valence-electron chi connectivity index (χ2n) is 7.66. The highest BCUT2D eigenvalue weighted by Crippen LogP contribution is 2.30. The van der Waals surface area contributed by atoms with E-state index >= 15 is 0 Å². The van der Waals surface area contributed by atoms with Crippen LogP contribution in [0, 0.1) is 5.92 Å². The minimum atomic E-state index is -0.439. The first kappa shape index (κ1) is 18.7. The molecule has 3 rings (SSSR count). The van der Waals surface area contributed by atoms with Crippen LogP contribution in [-0.4, -0.2) is 24.7 Å². The van der Waals surface area contributed by atoms with Crippen molar-refractivity contribution in [3.05, 3.63) is 71.3 Å². The van der Waals surface area contributed by atoms with Gasteiger partial charge in [0.2, 0.25) is 0 Å². The van der Waals surface area contributed by atoms with Crippen LogP contribution in [0.1, 0.15) is 48.2 Å². The number of aryl methyl sites for hydroxylation is 2. The van der Waals surface area contributed by atoms with Crippen molar-refractivity contribution in [3.8, 4) is 0 Å². The molecular formula is C23H29NO2. The van der Waals surface area contributed by atoms with Gasteiger partial charge in [0.15, 0.2) is 0 Å². The van der Waals surface area contributed by atoms with Crippen molar-refractivity contribution in [2.45, 2.75) is 45.1 Å². The van der Waals surface area contributed by atoms with Gasteiger partial charge in [-0.2, -0.15) is 0 Å². The van der Waals surface area contributed by atoms with E-state index in [-0.39, 0.29) is 5.97 Å². The van der Waals surface area contributed by atoms with Gasteiger partial charge in [0.25, 0.3) is 0 Å². The Hall–Kier alpha value is -2.13. The SMILES string of the molecule is CC(C)(OC(=O)c1ccccc1CCc1ccccc1)C1CCNCC1. The number of ether oxygens (including phenoxy) is 1. The Balaban J connectivity index is 1.69. The second-order valence-corrected chi connectivity index (χ2v) is 7.66. The number of esters is 1. The van der Waals surface area contributed by atoms with Crippen molar-refractivity contribution in [2.24, 2.45) is 5.92 Å². The molecule has 0 unspecified atom stereocenters. The number of carbonyl (C=O) groups is 1. The Labute approximate surface area is 156 Å². The number of piperidine rings is 1. The Morgan fingerprint density at radius 2 is 1.65 bits per heavy atom. The fourth-order valence-electron chi connectivity index (χ4n) is 3.76. The molecule has 0 saturated carbocycles. The second kappa shape index (κ2) is 8.50. The lowest BCUT2D eigenvalue weighted by Crippen LogP contribution is -2.42. The largest absolute Gasteiger partial charge is 0.456 e. The summed E-state index contributed by atoms with van der Waals surface area (Å²) in [6.07, 6.45) is 3.86. The summed E-state index contributed by atoms with van der Waals surface area (Å²) in [6, 6.07) is 18.2. The summed E-state index contributed by atoms with van der Waals surface area (Å²) < 4.78 is 5.99. The number of hydrogen-bond donors (Lipinski definition) is 1. The number of rotatable bonds is 6. The highest BCUT2D eigenvalue weighted by molar-refractivity contribution is 5.91. The van der Waals surface area contributed by atoms with Crippen LogP contribution < -0.4 is 5.32 Å². The van der Waals surface area contributed by atoms with E-state index < -0.39 is 5.60 Å². The molecule has 0 spiro atoms. The maximum absolute atomic E-state index is 12.9. The molecule has 0 amide bonds. The Bertz CT molecular complexity index is 718. The molecule has 2 aromatic rings. The topological polar surface area (TPSA) is 38.3 Å². The number of benzene rings is 2. The van der Waals surface area contributed by atoms with Gasteiger partial charge in [-0.05, 0) is 69.8 Å². The van der Waals surface area contributed by atoms with Crippen LogP contribution >= 0.6 is 0 Å².